The van der Waals surface area contributed by atoms with Crippen LogP contribution in [0.3, 0.4) is 0 Å². The summed E-state index contributed by atoms with van der Waals surface area (Å²) in [6, 6.07) is 18.3. The lowest BCUT2D eigenvalue weighted by Crippen LogP contribution is -2.20. The van der Waals surface area contributed by atoms with E-state index in [0.29, 0.717) is 18.4 Å². The Morgan fingerprint density at radius 2 is 1.15 bits per heavy atom. The number of hydrogen-bond donors (Lipinski definition) is 7. The summed E-state index contributed by atoms with van der Waals surface area (Å²) in [7, 11) is 3.12. The fraction of sp³-hybridized carbons (Fsp3) is 0.0952. The number of phenolic OH excluding ortho intramolecular Hbond substituents is 7. The van der Waals surface area contributed by atoms with Gasteiger partial charge < -0.3 is 40.2 Å². The van der Waals surface area contributed by atoms with E-state index in [9.17, 15) is 35.7 Å². The van der Waals surface area contributed by atoms with Crippen molar-refractivity contribution in [2.45, 2.75) is 25.7 Å². The van der Waals surface area contributed by atoms with Gasteiger partial charge >= 0.3 is 0 Å². The summed E-state index contributed by atoms with van der Waals surface area (Å²) in [5.41, 5.74) is 8.46. The summed E-state index contributed by atoms with van der Waals surface area (Å²) in [5.74, 6) is -5.67. The van der Waals surface area contributed by atoms with Crippen LogP contribution < -0.4 is 10.9 Å². The van der Waals surface area contributed by atoms with Crippen LogP contribution in [0.4, 0.5) is 0 Å². The van der Waals surface area contributed by atoms with Crippen LogP contribution in [0.5, 0.6) is 40.2 Å². The normalized spacial score (nSPS) is 13.6. The molecule has 0 fully saturated rings. The number of allylic oxidation sites excluding steroid dienone is 2. The minimum absolute atomic E-state index is 0.0167. The molecule has 0 bridgehead atoms. The van der Waals surface area contributed by atoms with Crippen molar-refractivity contribution in [3.8, 4) is 73.6 Å². The molecule has 254 valence electrons. The first-order valence-corrected chi connectivity index (χ1v) is 17.2. The zero-order chi connectivity index (χ0) is 36.2. The third-order valence-electron chi connectivity index (χ3n) is 10.9. The van der Waals surface area contributed by atoms with Crippen molar-refractivity contribution in [2.24, 2.45) is 0 Å². The van der Waals surface area contributed by atoms with Crippen molar-refractivity contribution < 1.29 is 40.2 Å². The molecule has 7 N–H and O–H groups in total. The molecular weight excluding hydrogens is 654 g/mol. The molecular formula is C42H32B2O8. The smallest absolute Gasteiger partial charge is 0.208 e. The lowest BCUT2D eigenvalue weighted by atomic mass is 9.72. The molecule has 0 amide bonds. The maximum absolute atomic E-state index is 12.0. The summed E-state index contributed by atoms with van der Waals surface area (Å²) in [4.78, 5) is 0. The second-order valence-electron chi connectivity index (χ2n) is 13.7. The molecule has 2 aliphatic carbocycles. The Bertz CT molecular complexity index is 2760. The molecule has 7 aromatic rings. The first-order chi connectivity index (χ1) is 25.1. The van der Waals surface area contributed by atoms with Crippen molar-refractivity contribution in [2.75, 3.05) is 0 Å². The SMILES string of the molecule is Bc1c(O)c(B)c(-c2c(O)c(O)c(O)c(O)c2O)c(-c2c3c(c(-c4ccc5c(c4)oc4ccc6c(c45)C=CCC6)c4ccccc24)C=CCC3)c1O. The van der Waals surface area contributed by atoms with Crippen LogP contribution in [0.2, 0.25) is 0 Å². The predicted octanol–water partition coefficient (Wildman–Crippen LogP) is 6.12. The third kappa shape index (κ3) is 4.24. The van der Waals surface area contributed by atoms with Gasteiger partial charge in [-0.15, -0.1) is 0 Å². The molecule has 0 radical (unpaired) electrons. The number of aromatic hydroxyl groups is 7. The Morgan fingerprint density at radius 1 is 0.500 bits per heavy atom. The fourth-order valence-electron chi connectivity index (χ4n) is 8.41. The second kappa shape index (κ2) is 11.3. The molecule has 6 aromatic carbocycles. The molecule has 0 spiro atoms. The molecule has 0 atom stereocenters. The van der Waals surface area contributed by atoms with Gasteiger partial charge in [-0.1, -0.05) is 60.7 Å². The summed E-state index contributed by atoms with van der Waals surface area (Å²) in [6.07, 6.45) is 11.9. The number of rotatable bonds is 3. The lowest BCUT2D eigenvalue weighted by molar-refractivity contribution is 0.330. The second-order valence-corrected chi connectivity index (χ2v) is 13.7. The first kappa shape index (κ1) is 31.6. The van der Waals surface area contributed by atoms with E-state index in [1.807, 2.05) is 24.3 Å². The molecule has 1 heterocycles. The van der Waals surface area contributed by atoms with Gasteiger partial charge in [0.1, 0.15) is 38.4 Å². The molecule has 0 saturated heterocycles. The average molecular weight is 686 g/mol. The number of phenols is 7. The van der Waals surface area contributed by atoms with Crippen LogP contribution >= 0.6 is 0 Å². The largest absolute Gasteiger partial charge is 0.509 e. The van der Waals surface area contributed by atoms with Gasteiger partial charge in [0.15, 0.2) is 11.5 Å². The van der Waals surface area contributed by atoms with Gasteiger partial charge in [0.25, 0.3) is 0 Å². The number of hydrogen-bond acceptors (Lipinski definition) is 8. The van der Waals surface area contributed by atoms with E-state index in [2.05, 4.69) is 54.6 Å². The Kier molecular flexibility index (Phi) is 6.86. The minimum Gasteiger partial charge on any atom is -0.509 e. The van der Waals surface area contributed by atoms with Crippen LogP contribution in [-0.4, -0.2) is 51.4 Å². The van der Waals surface area contributed by atoms with Gasteiger partial charge in [0.2, 0.25) is 17.2 Å². The highest BCUT2D eigenvalue weighted by Crippen LogP contribution is 2.58. The molecule has 9 rings (SSSR count). The van der Waals surface area contributed by atoms with Gasteiger partial charge in [-0.3, -0.25) is 0 Å². The van der Waals surface area contributed by atoms with Gasteiger partial charge in [-0.2, -0.15) is 0 Å². The maximum atomic E-state index is 12.0. The van der Waals surface area contributed by atoms with Gasteiger partial charge in [0, 0.05) is 16.3 Å². The zero-order valence-electron chi connectivity index (χ0n) is 28.4. The average Bonchev–Trinajstić information content (AvgIpc) is 3.55. The Balaban J connectivity index is 1.38. The standard InChI is InChI=1S/C42H32B2O8/c43-34-31(33-37(46)40(49)42(51)41(50)38(33)47)32(36(45)35(44)39(34)48)30-23-11-5-3-9-21(23)28(22-10-4-6-12-24(22)30)19-13-15-25-27(17-19)52-26-16-14-18-7-1-2-8-20(18)29(25)26/h2-5,8-11,13-17,45-51H,1,6-7,12,43-44H2. The molecule has 2 aliphatic rings. The van der Waals surface area contributed by atoms with Crippen molar-refractivity contribution in [3.05, 3.63) is 89.0 Å². The summed E-state index contributed by atoms with van der Waals surface area (Å²) >= 11 is 0. The van der Waals surface area contributed by atoms with Crippen molar-refractivity contribution in [3.63, 3.8) is 0 Å². The summed E-state index contributed by atoms with van der Waals surface area (Å²) < 4.78 is 6.48. The molecule has 10 heteroatoms. The Hall–Kier alpha value is -6.41. The van der Waals surface area contributed by atoms with E-state index in [0.717, 1.165) is 67.8 Å². The van der Waals surface area contributed by atoms with E-state index in [1.54, 1.807) is 15.7 Å². The van der Waals surface area contributed by atoms with E-state index in [4.69, 9.17) is 4.42 Å². The number of aryl methyl sites for hydroxylation is 1. The van der Waals surface area contributed by atoms with Crippen LogP contribution in [0.1, 0.15) is 35.1 Å². The maximum Gasteiger partial charge on any atom is 0.208 e. The predicted molar refractivity (Wildman–Crippen MR) is 210 cm³/mol. The first-order valence-electron chi connectivity index (χ1n) is 17.2. The van der Waals surface area contributed by atoms with E-state index in [-0.39, 0.29) is 33.6 Å². The highest BCUT2D eigenvalue weighted by Gasteiger charge is 2.33. The number of furan rings is 1. The van der Waals surface area contributed by atoms with Crippen LogP contribution in [0, 0.1) is 0 Å². The van der Waals surface area contributed by atoms with E-state index in [1.165, 1.54) is 11.1 Å². The van der Waals surface area contributed by atoms with Crippen LogP contribution in [0.25, 0.3) is 78.2 Å². The van der Waals surface area contributed by atoms with E-state index >= 15 is 0 Å². The molecule has 52 heavy (non-hydrogen) atoms. The Morgan fingerprint density at radius 3 is 1.88 bits per heavy atom. The quantitative estimate of drug-likeness (QED) is 0.0667. The lowest BCUT2D eigenvalue weighted by Gasteiger charge is -2.27. The number of fused-ring (bicyclic) bond motifs is 7. The van der Waals surface area contributed by atoms with E-state index < -0.39 is 34.3 Å². The molecule has 0 aliphatic heterocycles. The monoisotopic (exact) mass is 686 g/mol. The molecule has 0 saturated carbocycles. The topological polar surface area (TPSA) is 155 Å². The van der Waals surface area contributed by atoms with Crippen molar-refractivity contribution >= 4 is 71.5 Å². The molecule has 0 unspecified atom stereocenters. The van der Waals surface area contributed by atoms with Gasteiger partial charge in [-0.05, 0) is 110 Å². The van der Waals surface area contributed by atoms with Gasteiger partial charge in [-0.25, -0.2) is 0 Å². The minimum atomic E-state index is -1.10. The van der Waals surface area contributed by atoms with Gasteiger partial charge in [0.05, 0.1) is 5.56 Å². The molecule has 8 nitrogen and oxygen atoms in total. The van der Waals surface area contributed by atoms with Crippen molar-refractivity contribution in [1.82, 2.24) is 0 Å². The van der Waals surface area contributed by atoms with Crippen LogP contribution in [-0.2, 0) is 12.8 Å². The summed E-state index contributed by atoms with van der Waals surface area (Å²) in [5, 5.41) is 80.6. The zero-order valence-corrected chi connectivity index (χ0v) is 28.4. The Labute approximate surface area is 299 Å². The third-order valence-corrected chi connectivity index (χ3v) is 10.9. The summed E-state index contributed by atoms with van der Waals surface area (Å²) in [6.45, 7) is 0. The van der Waals surface area contributed by atoms with Crippen molar-refractivity contribution in [1.29, 1.82) is 0 Å². The highest BCUT2D eigenvalue weighted by molar-refractivity contribution is 6.46. The molecule has 1 aromatic heterocycles. The van der Waals surface area contributed by atoms with Crippen LogP contribution in [0.15, 0.2) is 71.2 Å². The highest BCUT2D eigenvalue weighted by atomic mass is 16.4. The fourth-order valence-corrected chi connectivity index (χ4v) is 8.41. The number of benzene rings is 6.